The minimum atomic E-state index is -0.264. The van der Waals surface area contributed by atoms with Crippen LogP contribution in [0, 0.1) is 77.2 Å². The van der Waals surface area contributed by atoms with Crippen LogP contribution in [0.3, 0.4) is 0 Å². The zero-order valence-electron chi connectivity index (χ0n) is 61.7. The summed E-state index contributed by atoms with van der Waals surface area (Å²) >= 11 is 0. The minimum absolute atomic E-state index is 0. The van der Waals surface area contributed by atoms with Gasteiger partial charge < -0.3 is 40.1 Å². The first kappa shape index (κ1) is 88.6. The Morgan fingerprint density at radius 3 is 0.746 bits per heavy atom. The van der Waals surface area contributed by atoms with Gasteiger partial charge in [0.25, 0.3) is 0 Å². The zero-order valence-corrected chi connectivity index (χ0v) is 66.0. The number of aromatic nitrogens is 2. The standard InChI is InChI=1S/2C18H16N2O2.4C15H12O2.2Tb/c2*1-2-22-16-10-8-14(9-11-16)19-12-15-7-6-13-4-3-5-17(21)18(13)20-15;4*16-14(12-7-3-1-4-8-12)11-15(17)13-9-5-2-6-10-13;;/h2*3-12,21H,2H2,1H3;4*1-11,16H;;/q;;;;;;2*+3/p-6/b;;4*14-11-;;. The van der Waals surface area contributed by atoms with Crippen LogP contribution in [0.15, 0.2) is 386 Å². The maximum absolute atomic E-state index is 11.8. The largest absolute Gasteiger partial charge is 3.00 e. The molecule has 0 atom stereocenters. The molecular weight excluding hydrogens is 1720 g/mol. The maximum atomic E-state index is 11.8. The van der Waals surface area contributed by atoms with Gasteiger partial charge in [-0.1, -0.05) is 326 Å². The van der Waals surface area contributed by atoms with Crippen LogP contribution in [0.5, 0.6) is 23.0 Å². The Morgan fingerprint density at radius 1 is 0.289 bits per heavy atom. The number of pyridine rings is 2. The van der Waals surface area contributed by atoms with Gasteiger partial charge in [-0.25, -0.2) is 9.97 Å². The first-order valence-corrected chi connectivity index (χ1v) is 35.4. The van der Waals surface area contributed by atoms with Crippen molar-refractivity contribution in [3.05, 3.63) is 432 Å². The van der Waals surface area contributed by atoms with E-state index in [1.807, 2.05) is 147 Å². The summed E-state index contributed by atoms with van der Waals surface area (Å²) in [5.74, 6) is -0.624. The van der Waals surface area contributed by atoms with Crippen LogP contribution in [0.1, 0.15) is 88.9 Å². The molecule has 0 radical (unpaired) electrons. The number of ether oxygens (including phenoxy) is 2. The van der Waals surface area contributed by atoms with Crippen molar-refractivity contribution in [1.29, 1.82) is 0 Å². The summed E-state index contributed by atoms with van der Waals surface area (Å²) in [6.07, 6.45) is 7.83. The molecule has 0 aliphatic rings. The van der Waals surface area contributed by atoms with E-state index in [-0.39, 0.29) is 135 Å². The van der Waals surface area contributed by atoms with Gasteiger partial charge >= 0.3 is 77.2 Å². The Kier molecular flexibility index (Phi) is 37.5. The van der Waals surface area contributed by atoms with Crippen molar-refractivity contribution < 1.29 is 137 Å². The van der Waals surface area contributed by atoms with Gasteiger partial charge in [0.1, 0.15) is 11.5 Å². The number of aliphatic imine (C=N–C) groups is 2. The van der Waals surface area contributed by atoms with Crippen LogP contribution in [-0.4, -0.2) is 58.7 Å². The number of carbonyl (C=O) groups excluding carboxylic acids is 4. The summed E-state index contributed by atoms with van der Waals surface area (Å²) in [7, 11) is 0. The molecule has 0 amide bonds. The number of ketones is 4. The second-order valence-corrected chi connectivity index (χ2v) is 23.9. The molecular formula is C96H74N4O12Tb2. The van der Waals surface area contributed by atoms with Crippen LogP contribution in [-0.2, 0) is 0 Å². The Morgan fingerprint density at radius 2 is 0.518 bits per heavy atom. The Bertz CT molecular complexity index is 4980. The van der Waals surface area contributed by atoms with Gasteiger partial charge in [-0.2, -0.15) is 0 Å². The number of hydrogen-bond acceptors (Lipinski definition) is 16. The molecule has 0 saturated heterocycles. The zero-order chi connectivity index (χ0) is 79.1. The van der Waals surface area contributed by atoms with Crippen molar-refractivity contribution in [3.63, 3.8) is 0 Å². The molecule has 2 aromatic heterocycles. The van der Waals surface area contributed by atoms with E-state index in [1.165, 1.54) is 12.1 Å². The van der Waals surface area contributed by atoms with E-state index in [0.29, 0.717) is 80.1 Å². The van der Waals surface area contributed by atoms with E-state index in [1.54, 1.807) is 219 Å². The van der Waals surface area contributed by atoms with Crippen molar-refractivity contribution in [3.8, 4) is 23.0 Å². The molecule has 0 spiro atoms. The molecule has 0 unspecified atom stereocenters. The molecule has 14 aromatic rings. The van der Waals surface area contributed by atoms with Gasteiger partial charge in [0.2, 0.25) is 0 Å². The third kappa shape index (κ3) is 29.3. The molecule has 0 aliphatic carbocycles. The summed E-state index contributed by atoms with van der Waals surface area (Å²) in [6, 6.07) is 103. The van der Waals surface area contributed by atoms with Gasteiger partial charge in [0, 0.05) is 22.3 Å². The number of carbonyl (C=O) groups is 4. The summed E-state index contributed by atoms with van der Waals surface area (Å²) in [5, 5.41) is 72.3. The second-order valence-electron chi connectivity index (χ2n) is 23.9. The van der Waals surface area contributed by atoms with E-state index in [0.717, 1.165) is 58.0 Å². The molecule has 0 N–H and O–H groups in total. The van der Waals surface area contributed by atoms with E-state index in [4.69, 9.17) is 9.47 Å². The summed E-state index contributed by atoms with van der Waals surface area (Å²) in [4.78, 5) is 64.4. The minimum Gasteiger partial charge on any atom is -0.872 e. The fourth-order valence-electron chi connectivity index (χ4n) is 10.2. The molecule has 114 heavy (non-hydrogen) atoms. The average molecular weight is 1790 g/mol. The summed E-state index contributed by atoms with van der Waals surface area (Å²) in [5.41, 5.74) is 8.07. The number of fused-ring (bicyclic) bond motifs is 2. The average Bonchev–Trinajstić information content (AvgIpc) is 0.824. The van der Waals surface area contributed by atoms with E-state index in [2.05, 4.69) is 20.0 Å². The normalized spacial score (nSPS) is 11.0. The summed E-state index contributed by atoms with van der Waals surface area (Å²) < 4.78 is 10.8. The predicted molar refractivity (Wildman–Crippen MR) is 433 cm³/mol. The van der Waals surface area contributed by atoms with Crippen LogP contribution < -0.4 is 40.1 Å². The second kappa shape index (κ2) is 48.2. The van der Waals surface area contributed by atoms with Crippen LogP contribution in [0.2, 0.25) is 0 Å². The van der Waals surface area contributed by atoms with Crippen molar-refractivity contribution in [2.75, 3.05) is 13.2 Å². The molecule has 0 aliphatic heterocycles. The smallest absolute Gasteiger partial charge is 0.872 e. The molecule has 14 rings (SSSR count). The van der Waals surface area contributed by atoms with E-state index < -0.39 is 0 Å². The van der Waals surface area contributed by atoms with Gasteiger partial charge in [-0.3, -0.25) is 29.2 Å². The molecule has 12 aromatic carbocycles. The summed E-state index contributed by atoms with van der Waals surface area (Å²) in [6.45, 7) is 5.17. The van der Waals surface area contributed by atoms with Gasteiger partial charge in [-0.15, -0.1) is 0 Å². The van der Waals surface area contributed by atoms with Gasteiger partial charge in [-0.05, 0) is 132 Å². The van der Waals surface area contributed by atoms with E-state index in [9.17, 15) is 49.8 Å². The Hall–Kier alpha value is -12.6. The number of benzene rings is 12. The Balaban J connectivity index is 0.000000190. The topological polar surface area (TPSA) is 276 Å². The maximum Gasteiger partial charge on any atom is 3.00 e. The van der Waals surface area contributed by atoms with Crippen molar-refractivity contribution in [2.24, 2.45) is 9.98 Å². The van der Waals surface area contributed by atoms with Gasteiger partial charge in [0.15, 0.2) is 23.1 Å². The van der Waals surface area contributed by atoms with Crippen LogP contribution >= 0.6 is 0 Å². The first-order valence-electron chi connectivity index (χ1n) is 35.4. The monoisotopic (exact) mass is 1790 g/mol. The SMILES string of the molecule is CCOc1ccc(N=Cc2ccc3cccc([O-])c3n2)cc1.CCOc1ccc(N=Cc2ccc3cccc([O-])c3n2)cc1.O=C(/C=C(\[O-])c1ccccc1)c1ccccc1.O=C(/C=C(\[O-])c1ccccc1)c1ccccc1.O=C(/C=C(\[O-])c1ccccc1)c1ccccc1.O=C(/C=C(\[O-])c1ccccc1)c1ccccc1.[Tb+3].[Tb+3]. The molecule has 0 fully saturated rings. The molecule has 2 heterocycles. The van der Waals surface area contributed by atoms with Crippen molar-refractivity contribution in [1.82, 2.24) is 9.97 Å². The quantitative estimate of drug-likeness (QED) is 0.0297. The van der Waals surface area contributed by atoms with Gasteiger partial charge in [0.05, 0.1) is 59.4 Å². The van der Waals surface area contributed by atoms with Crippen molar-refractivity contribution >= 4 is 91.8 Å². The number of allylic oxidation sites excluding steroid dienone is 4. The Labute approximate surface area is 723 Å². The molecule has 0 bridgehead atoms. The molecule has 16 nitrogen and oxygen atoms in total. The van der Waals surface area contributed by atoms with Crippen LogP contribution in [0.4, 0.5) is 11.4 Å². The molecule has 18 heteroatoms. The fraction of sp³-hybridized carbons (Fsp3) is 0.0417. The first-order chi connectivity index (χ1) is 54.6. The third-order valence-corrected chi connectivity index (χ3v) is 15.9. The van der Waals surface area contributed by atoms with E-state index >= 15 is 0 Å². The molecule has 0 saturated carbocycles. The third-order valence-electron chi connectivity index (χ3n) is 15.9. The number of para-hydroxylation sites is 2. The number of rotatable bonds is 20. The molecule has 568 valence electrons. The van der Waals surface area contributed by atoms with Crippen molar-refractivity contribution in [2.45, 2.75) is 13.8 Å². The fourth-order valence-corrected chi connectivity index (χ4v) is 10.2. The number of hydrogen-bond donors (Lipinski definition) is 0. The van der Waals surface area contributed by atoms with Crippen LogP contribution in [0.25, 0.3) is 44.8 Å². The predicted octanol–water partition coefficient (Wildman–Crippen LogP) is 16.0. The number of nitrogens with zero attached hydrogens (tertiary/aromatic N) is 4.